The monoisotopic (exact) mass is 313 g/mol. The Bertz CT molecular complexity index is 658. The van der Waals surface area contributed by atoms with Crippen molar-refractivity contribution in [2.24, 2.45) is 0 Å². The third-order valence-corrected chi connectivity index (χ3v) is 4.06. The Balaban J connectivity index is 2.07. The first-order valence-corrected chi connectivity index (χ1v) is 8.60. The van der Waals surface area contributed by atoms with Crippen molar-refractivity contribution in [3.63, 3.8) is 0 Å². The molecule has 0 radical (unpaired) electrons. The highest BCUT2D eigenvalue weighted by molar-refractivity contribution is 5.38. The first-order chi connectivity index (χ1) is 11.1. The van der Waals surface area contributed by atoms with Crippen LogP contribution in [0.5, 0.6) is 5.75 Å². The fourth-order valence-corrected chi connectivity index (χ4v) is 2.64. The quantitative estimate of drug-likeness (QED) is 0.650. The average molecular weight is 313 g/mol. The van der Waals surface area contributed by atoms with Gasteiger partial charge < -0.3 is 4.74 Å². The van der Waals surface area contributed by atoms with Crippen molar-refractivity contribution in [3.8, 4) is 11.4 Å². The number of unbranched alkanes of at least 4 members (excludes halogenated alkanes) is 2. The number of hydrogen-bond acceptors (Lipinski definition) is 2. The molecule has 1 unspecified atom stereocenters. The average Bonchev–Trinajstić information content (AvgIpc) is 2.57. The smallest absolute Gasteiger partial charge is 0.255 e. The molecule has 23 heavy (non-hydrogen) atoms. The maximum absolute atomic E-state index is 12.0. The molecule has 1 aromatic carbocycles. The lowest BCUT2D eigenvalue weighted by molar-refractivity contribution is 0.183. The van der Waals surface area contributed by atoms with Crippen molar-refractivity contribution in [1.29, 1.82) is 0 Å². The van der Waals surface area contributed by atoms with Crippen molar-refractivity contribution < 1.29 is 4.74 Å². The molecule has 2 aromatic rings. The molecule has 0 aliphatic rings. The maximum Gasteiger partial charge on any atom is 0.255 e. The number of nitrogens with zero attached hydrogens (tertiary/aromatic N) is 1. The zero-order valence-electron chi connectivity index (χ0n) is 14.4. The van der Waals surface area contributed by atoms with E-state index in [4.69, 9.17) is 4.74 Å². The van der Waals surface area contributed by atoms with Gasteiger partial charge in [-0.25, -0.2) is 0 Å². The predicted molar refractivity (Wildman–Crippen MR) is 95.6 cm³/mol. The largest absolute Gasteiger partial charge is 0.490 e. The highest BCUT2D eigenvalue weighted by Crippen LogP contribution is 2.19. The minimum absolute atomic E-state index is 0.0183. The second-order valence-corrected chi connectivity index (χ2v) is 6.05. The second-order valence-electron chi connectivity index (χ2n) is 6.05. The van der Waals surface area contributed by atoms with Crippen molar-refractivity contribution in [2.75, 3.05) is 0 Å². The van der Waals surface area contributed by atoms with E-state index in [-0.39, 0.29) is 11.7 Å². The van der Waals surface area contributed by atoms with Gasteiger partial charge in [-0.15, -0.1) is 0 Å². The zero-order valence-corrected chi connectivity index (χ0v) is 14.4. The topological polar surface area (TPSA) is 31.2 Å². The molecule has 0 bridgehead atoms. The van der Waals surface area contributed by atoms with E-state index in [1.54, 1.807) is 10.6 Å². The summed E-state index contributed by atoms with van der Waals surface area (Å²) in [5.74, 6) is 0.873. The molecular weight excluding hydrogens is 286 g/mol. The van der Waals surface area contributed by atoms with Crippen LogP contribution in [0, 0.1) is 6.92 Å². The Kier molecular flexibility index (Phi) is 6.45. The van der Waals surface area contributed by atoms with Crippen molar-refractivity contribution >= 4 is 0 Å². The van der Waals surface area contributed by atoms with Crippen LogP contribution in [0.2, 0.25) is 0 Å². The number of ether oxygens (including phenoxy) is 1. The Labute approximate surface area is 138 Å². The van der Waals surface area contributed by atoms with E-state index in [1.165, 1.54) is 19.3 Å². The number of aromatic nitrogens is 1. The highest BCUT2D eigenvalue weighted by atomic mass is 16.5. The standard InChI is InChI=1S/C20H27NO2/c1-4-6-7-8-18(5-2)23-19-12-10-17(11-13-19)21-15-16(3)9-14-20(21)22/h9-15,18H,4-8H2,1-3H3. The molecule has 0 amide bonds. The van der Waals surface area contributed by atoms with E-state index >= 15 is 0 Å². The fourth-order valence-electron chi connectivity index (χ4n) is 2.64. The molecule has 1 heterocycles. The lowest BCUT2D eigenvalue weighted by Gasteiger charge is -2.18. The summed E-state index contributed by atoms with van der Waals surface area (Å²) >= 11 is 0. The van der Waals surface area contributed by atoms with E-state index < -0.39 is 0 Å². The Hall–Kier alpha value is -2.03. The van der Waals surface area contributed by atoms with Crippen LogP contribution >= 0.6 is 0 Å². The summed E-state index contributed by atoms with van der Waals surface area (Å²) in [4.78, 5) is 12.0. The minimum atomic E-state index is -0.0183. The van der Waals surface area contributed by atoms with Gasteiger partial charge in [0.1, 0.15) is 5.75 Å². The summed E-state index contributed by atoms with van der Waals surface area (Å²) in [5, 5.41) is 0. The van der Waals surface area contributed by atoms with Gasteiger partial charge in [-0.05, 0) is 56.0 Å². The van der Waals surface area contributed by atoms with E-state index in [2.05, 4.69) is 13.8 Å². The Morgan fingerprint density at radius 1 is 1.04 bits per heavy atom. The molecule has 1 aromatic heterocycles. The van der Waals surface area contributed by atoms with Crippen LogP contribution in [0.15, 0.2) is 47.4 Å². The third-order valence-electron chi connectivity index (χ3n) is 4.06. The summed E-state index contributed by atoms with van der Waals surface area (Å²) in [6.45, 7) is 6.36. The van der Waals surface area contributed by atoms with Crippen molar-refractivity contribution in [3.05, 3.63) is 58.5 Å². The van der Waals surface area contributed by atoms with Gasteiger partial charge in [0.25, 0.3) is 5.56 Å². The first kappa shape index (κ1) is 17.3. The van der Waals surface area contributed by atoms with Crippen LogP contribution in [0.4, 0.5) is 0 Å². The van der Waals surface area contributed by atoms with E-state index in [1.807, 2.05) is 43.5 Å². The summed E-state index contributed by atoms with van der Waals surface area (Å²) in [6.07, 6.45) is 7.95. The van der Waals surface area contributed by atoms with Crippen LogP contribution in [-0.2, 0) is 0 Å². The van der Waals surface area contributed by atoms with Gasteiger partial charge in [0.05, 0.1) is 6.10 Å². The summed E-state index contributed by atoms with van der Waals surface area (Å²) in [6, 6.07) is 11.2. The molecule has 0 saturated heterocycles. The van der Waals surface area contributed by atoms with Gasteiger partial charge in [0, 0.05) is 18.0 Å². The molecule has 3 heteroatoms. The predicted octanol–water partition coefficient (Wildman–Crippen LogP) is 4.88. The van der Waals surface area contributed by atoms with Gasteiger partial charge in [0.15, 0.2) is 0 Å². The fraction of sp³-hybridized carbons (Fsp3) is 0.450. The normalized spacial score (nSPS) is 12.1. The first-order valence-electron chi connectivity index (χ1n) is 8.60. The molecule has 124 valence electrons. The van der Waals surface area contributed by atoms with Crippen LogP contribution in [0.1, 0.15) is 51.5 Å². The van der Waals surface area contributed by atoms with Crippen molar-refractivity contribution in [1.82, 2.24) is 4.57 Å². The molecule has 2 rings (SSSR count). The zero-order chi connectivity index (χ0) is 16.7. The van der Waals surface area contributed by atoms with E-state index in [9.17, 15) is 4.79 Å². The molecular formula is C20H27NO2. The molecule has 0 aliphatic heterocycles. The number of pyridine rings is 1. The number of hydrogen-bond donors (Lipinski definition) is 0. The third kappa shape index (κ3) is 4.98. The molecule has 3 nitrogen and oxygen atoms in total. The van der Waals surface area contributed by atoms with Gasteiger partial charge in [-0.2, -0.15) is 0 Å². The van der Waals surface area contributed by atoms with Crippen LogP contribution < -0.4 is 10.3 Å². The molecule has 0 N–H and O–H groups in total. The van der Waals surface area contributed by atoms with Gasteiger partial charge in [-0.1, -0.05) is 32.8 Å². The summed E-state index contributed by atoms with van der Waals surface area (Å²) in [5.41, 5.74) is 1.91. The SMILES string of the molecule is CCCCCC(CC)Oc1ccc(-n2cc(C)ccc2=O)cc1. The minimum Gasteiger partial charge on any atom is -0.490 e. The van der Waals surface area contributed by atoms with Crippen LogP contribution in [0.25, 0.3) is 5.69 Å². The lowest BCUT2D eigenvalue weighted by Crippen LogP contribution is -2.17. The van der Waals surface area contributed by atoms with Crippen LogP contribution in [-0.4, -0.2) is 10.7 Å². The Morgan fingerprint density at radius 3 is 2.43 bits per heavy atom. The lowest BCUT2D eigenvalue weighted by atomic mass is 10.1. The Morgan fingerprint density at radius 2 is 1.78 bits per heavy atom. The molecule has 0 fully saturated rings. The van der Waals surface area contributed by atoms with Gasteiger partial charge >= 0.3 is 0 Å². The van der Waals surface area contributed by atoms with Gasteiger partial charge in [-0.3, -0.25) is 9.36 Å². The summed E-state index contributed by atoms with van der Waals surface area (Å²) < 4.78 is 7.73. The number of benzene rings is 1. The molecule has 1 atom stereocenters. The summed E-state index contributed by atoms with van der Waals surface area (Å²) in [7, 11) is 0. The maximum atomic E-state index is 12.0. The second kappa shape index (κ2) is 8.56. The molecule has 0 aliphatic carbocycles. The van der Waals surface area contributed by atoms with Crippen molar-refractivity contribution in [2.45, 2.75) is 59.0 Å². The number of rotatable bonds is 8. The van der Waals surface area contributed by atoms with Crippen LogP contribution in [0.3, 0.4) is 0 Å². The van der Waals surface area contributed by atoms with E-state index in [0.29, 0.717) is 0 Å². The van der Waals surface area contributed by atoms with E-state index in [0.717, 1.165) is 29.8 Å². The molecule has 0 saturated carbocycles. The van der Waals surface area contributed by atoms with Gasteiger partial charge in [0.2, 0.25) is 0 Å². The number of aryl methyl sites for hydroxylation is 1. The molecule has 0 spiro atoms. The highest BCUT2D eigenvalue weighted by Gasteiger charge is 2.08.